The molecule has 1 atom stereocenters. The molecular formula is C6H10N2O3. The van der Waals surface area contributed by atoms with Crippen molar-refractivity contribution in [1.82, 2.24) is 10.6 Å². The minimum atomic E-state index is -1.02. The highest BCUT2D eigenvalue weighted by molar-refractivity contribution is 5.88. The molecule has 5 heteroatoms. The van der Waals surface area contributed by atoms with E-state index >= 15 is 0 Å². The van der Waals surface area contributed by atoms with E-state index in [0.29, 0.717) is 0 Å². The zero-order valence-corrected chi connectivity index (χ0v) is 6.34. The molecule has 1 aliphatic rings. The second-order valence-electron chi connectivity index (χ2n) is 3.09. The molecule has 1 heterocycles. The Balaban J connectivity index is 2.82. The molecule has 1 unspecified atom stereocenters. The Labute approximate surface area is 63.8 Å². The fourth-order valence-electron chi connectivity index (χ4n) is 1.08. The van der Waals surface area contributed by atoms with Crippen molar-refractivity contribution in [3.05, 3.63) is 0 Å². The zero-order valence-electron chi connectivity index (χ0n) is 6.34. The Morgan fingerprint density at radius 3 is 2.36 bits per heavy atom. The molecular weight excluding hydrogens is 148 g/mol. The summed E-state index contributed by atoms with van der Waals surface area (Å²) in [6.07, 6.45) is 0. The molecule has 2 amide bonds. The van der Waals surface area contributed by atoms with Gasteiger partial charge in [-0.05, 0) is 13.8 Å². The van der Waals surface area contributed by atoms with Gasteiger partial charge < -0.3 is 15.7 Å². The van der Waals surface area contributed by atoms with Crippen molar-refractivity contribution in [3.8, 4) is 0 Å². The Kier molecular flexibility index (Phi) is 1.51. The van der Waals surface area contributed by atoms with E-state index in [4.69, 9.17) is 5.11 Å². The maximum absolute atomic E-state index is 10.7. The van der Waals surface area contributed by atoms with E-state index in [1.807, 2.05) is 0 Å². The van der Waals surface area contributed by atoms with Gasteiger partial charge in [0, 0.05) is 0 Å². The third-order valence-electron chi connectivity index (χ3n) is 1.68. The third kappa shape index (κ3) is 1.26. The Bertz CT molecular complexity index is 212. The summed E-state index contributed by atoms with van der Waals surface area (Å²) in [6.45, 7) is 3.31. The minimum absolute atomic E-state index is 0.428. The van der Waals surface area contributed by atoms with Crippen molar-refractivity contribution in [3.63, 3.8) is 0 Å². The minimum Gasteiger partial charge on any atom is -0.480 e. The summed E-state index contributed by atoms with van der Waals surface area (Å²) in [6, 6.07) is -1.27. The number of rotatable bonds is 1. The number of carboxylic acid groups (broad SMARTS) is 1. The number of aliphatic carboxylic acids is 1. The number of carboxylic acids is 1. The molecule has 3 N–H and O–H groups in total. The van der Waals surface area contributed by atoms with Crippen LogP contribution in [0.1, 0.15) is 13.8 Å². The molecule has 5 nitrogen and oxygen atoms in total. The van der Waals surface area contributed by atoms with Crippen LogP contribution in [-0.2, 0) is 4.79 Å². The fourth-order valence-corrected chi connectivity index (χ4v) is 1.08. The van der Waals surface area contributed by atoms with Crippen molar-refractivity contribution in [2.45, 2.75) is 25.4 Å². The Hall–Kier alpha value is -1.26. The van der Waals surface area contributed by atoms with Crippen molar-refractivity contribution in [2.75, 3.05) is 0 Å². The second-order valence-corrected chi connectivity index (χ2v) is 3.09. The molecule has 11 heavy (non-hydrogen) atoms. The summed E-state index contributed by atoms with van der Waals surface area (Å²) < 4.78 is 0. The second kappa shape index (κ2) is 2.11. The molecule has 0 aromatic carbocycles. The number of urea groups is 1. The molecule has 0 aromatic heterocycles. The van der Waals surface area contributed by atoms with E-state index < -0.39 is 23.6 Å². The first-order valence-corrected chi connectivity index (χ1v) is 3.25. The molecule has 0 spiro atoms. The van der Waals surface area contributed by atoms with Gasteiger partial charge in [-0.2, -0.15) is 0 Å². The predicted octanol–water partition coefficient (Wildman–Crippen LogP) is -0.469. The Morgan fingerprint density at radius 1 is 1.64 bits per heavy atom. The summed E-state index contributed by atoms with van der Waals surface area (Å²) in [7, 11) is 0. The molecule has 1 fully saturated rings. The van der Waals surface area contributed by atoms with E-state index in [0.717, 1.165) is 0 Å². The van der Waals surface area contributed by atoms with Crippen LogP contribution in [0.25, 0.3) is 0 Å². The number of hydrogen-bond donors (Lipinski definition) is 3. The van der Waals surface area contributed by atoms with Crippen molar-refractivity contribution in [1.29, 1.82) is 0 Å². The molecule has 1 saturated heterocycles. The molecule has 0 saturated carbocycles. The third-order valence-corrected chi connectivity index (χ3v) is 1.68. The summed E-state index contributed by atoms with van der Waals surface area (Å²) in [5.74, 6) is -1.02. The lowest BCUT2D eigenvalue weighted by molar-refractivity contribution is -0.140. The van der Waals surface area contributed by atoms with E-state index in [9.17, 15) is 9.59 Å². The van der Waals surface area contributed by atoms with Crippen LogP contribution in [0.4, 0.5) is 4.79 Å². The summed E-state index contributed by atoms with van der Waals surface area (Å²) in [5.41, 5.74) is -0.705. The predicted molar refractivity (Wildman–Crippen MR) is 37.2 cm³/mol. The van der Waals surface area contributed by atoms with Crippen molar-refractivity contribution >= 4 is 12.0 Å². The quantitative estimate of drug-likeness (QED) is 0.482. The van der Waals surface area contributed by atoms with Gasteiger partial charge in [-0.25, -0.2) is 9.59 Å². The van der Waals surface area contributed by atoms with Crippen LogP contribution in [0.3, 0.4) is 0 Å². The number of carbonyl (C=O) groups excluding carboxylic acids is 1. The van der Waals surface area contributed by atoms with Crippen molar-refractivity contribution in [2.24, 2.45) is 0 Å². The number of nitrogens with one attached hydrogen (secondary N) is 2. The average molecular weight is 158 g/mol. The van der Waals surface area contributed by atoms with Gasteiger partial charge in [-0.15, -0.1) is 0 Å². The largest absolute Gasteiger partial charge is 0.480 e. The van der Waals surface area contributed by atoms with Gasteiger partial charge in [-0.1, -0.05) is 0 Å². The van der Waals surface area contributed by atoms with Crippen LogP contribution in [-0.4, -0.2) is 28.7 Å². The van der Waals surface area contributed by atoms with E-state index in [1.165, 1.54) is 0 Å². The van der Waals surface area contributed by atoms with Gasteiger partial charge in [0.1, 0.15) is 0 Å². The monoisotopic (exact) mass is 158 g/mol. The smallest absolute Gasteiger partial charge is 0.328 e. The van der Waals surface area contributed by atoms with Crippen LogP contribution in [0, 0.1) is 0 Å². The number of amides is 2. The topological polar surface area (TPSA) is 78.4 Å². The lowest BCUT2D eigenvalue weighted by Crippen LogP contribution is -2.48. The molecule has 0 aromatic rings. The maximum Gasteiger partial charge on any atom is 0.328 e. The summed E-state index contributed by atoms with van der Waals surface area (Å²) >= 11 is 0. The van der Waals surface area contributed by atoms with Gasteiger partial charge in [-0.3, -0.25) is 0 Å². The van der Waals surface area contributed by atoms with Gasteiger partial charge in [0.05, 0.1) is 5.54 Å². The highest BCUT2D eigenvalue weighted by Gasteiger charge is 2.43. The Morgan fingerprint density at radius 2 is 2.18 bits per heavy atom. The zero-order chi connectivity index (χ0) is 8.65. The molecule has 1 rings (SSSR count). The highest BCUT2D eigenvalue weighted by Crippen LogP contribution is 2.14. The number of hydrogen-bond acceptors (Lipinski definition) is 2. The maximum atomic E-state index is 10.7. The molecule has 0 bridgehead atoms. The van der Waals surface area contributed by atoms with Gasteiger partial charge in [0.25, 0.3) is 0 Å². The van der Waals surface area contributed by atoms with Crippen LogP contribution in [0.5, 0.6) is 0 Å². The lowest BCUT2D eigenvalue weighted by Gasteiger charge is -2.21. The first-order valence-electron chi connectivity index (χ1n) is 3.25. The lowest BCUT2D eigenvalue weighted by atomic mass is 9.97. The van der Waals surface area contributed by atoms with Crippen LogP contribution in [0.2, 0.25) is 0 Å². The van der Waals surface area contributed by atoms with Crippen LogP contribution >= 0.6 is 0 Å². The normalized spacial score (nSPS) is 27.5. The fraction of sp³-hybridized carbons (Fsp3) is 0.667. The highest BCUT2D eigenvalue weighted by atomic mass is 16.4. The molecule has 0 aliphatic carbocycles. The van der Waals surface area contributed by atoms with Crippen molar-refractivity contribution < 1.29 is 14.7 Å². The first kappa shape index (κ1) is 7.84. The SMILES string of the molecule is CC1(C)NC(=O)NC1C(=O)O. The van der Waals surface area contributed by atoms with Crippen LogP contribution in [0.15, 0.2) is 0 Å². The standard InChI is InChI=1S/C6H10N2O3/c1-6(2)3(4(9)10)7-5(11)8-6/h3H,1-2H3,(H,9,10)(H2,7,8,11). The summed E-state index contributed by atoms with van der Waals surface area (Å²) in [5, 5.41) is 13.4. The van der Waals surface area contributed by atoms with Crippen LogP contribution < -0.4 is 10.6 Å². The molecule has 0 radical (unpaired) electrons. The summed E-state index contributed by atoms with van der Waals surface area (Å²) in [4.78, 5) is 21.2. The van der Waals surface area contributed by atoms with E-state index in [1.54, 1.807) is 13.8 Å². The molecule has 1 aliphatic heterocycles. The average Bonchev–Trinajstić information content (AvgIpc) is 2.04. The van der Waals surface area contributed by atoms with Gasteiger partial charge in [0.15, 0.2) is 6.04 Å². The number of carbonyl (C=O) groups is 2. The van der Waals surface area contributed by atoms with Gasteiger partial charge >= 0.3 is 12.0 Å². The van der Waals surface area contributed by atoms with E-state index in [-0.39, 0.29) is 0 Å². The van der Waals surface area contributed by atoms with Gasteiger partial charge in [0.2, 0.25) is 0 Å². The first-order chi connectivity index (χ1) is 4.93. The van der Waals surface area contributed by atoms with E-state index in [2.05, 4.69) is 10.6 Å². The molecule has 62 valence electrons.